The summed E-state index contributed by atoms with van der Waals surface area (Å²) in [6, 6.07) is 14.2. The van der Waals surface area contributed by atoms with Crippen LogP contribution in [-0.4, -0.2) is 18.7 Å². The first-order valence-corrected chi connectivity index (χ1v) is 7.75. The number of hydrazone groups is 1. The van der Waals surface area contributed by atoms with Crippen LogP contribution in [-0.2, 0) is 0 Å². The van der Waals surface area contributed by atoms with Crippen LogP contribution in [0.3, 0.4) is 0 Å². The molecule has 0 aliphatic carbocycles. The summed E-state index contributed by atoms with van der Waals surface area (Å²) in [7, 11) is 0. The number of ether oxygens (including phenoxy) is 1. The summed E-state index contributed by atoms with van der Waals surface area (Å²) in [5.74, 6) is 0.883. The van der Waals surface area contributed by atoms with E-state index in [-0.39, 0.29) is 5.91 Å². The first-order valence-electron chi connectivity index (χ1n) is 7.37. The molecular weight excluding hydrogens is 312 g/mol. The van der Waals surface area contributed by atoms with Crippen LogP contribution in [0.2, 0.25) is 5.02 Å². The number of rotatable bonds is 6. The minimum Gasteiger partial charge on any atom is -0.493 e. The number of nitrogens with one attached hydrogen (secondary N) is 1. The Morgan fingerprint density at radius 2 is 1.91 bits per heavy atom. The topological polar surface area (TPSA) is 50.7 Å². The third-order valence-corrected chi connectivity index (χ3v) is 3.22. The van der Waals surface area contributed by atoms with Gasteiger partial charge in [0.2, 0.25) is 0 Å². The van der Waals surface area contributed by atoms with Gasteiger partial charge in [-0.05, 0) is 42.3 Å². The van der Waals surface area contributed by atoms with Gasteiger partial charge in [-0.1, -0.05) is 37.6 Å². The molecule has 5 heteroatoms. The van der Waals surface area contributed by atoms with Gasteiger partial charge in [0.15, 0.2) is 0 Å². The highest BCUT2D eigenvalue weighted by atomic mass is 35.5. The van der Waals surface area contributed by atoms with Gasteiger partial charge in [-0.2, -0.15) is 5.10 Å². The fourth-order valence-corrected chi connectivity index (χ4v) is 1.93. The van der Waals surface area contributed by atoms with Crippen molar-refractivity contribution in [2.45, 2.75) is 13.8 Å². The fraction of sp³-hybridized carbons (Fsp3) is 0.222. The molecule has 0 saturated carbocycles. The molecule has 0 aliphatic heterocycles. The number of para-hydroxylation sites is 1. The molecule has 0 aliphatic rings. The molecule has 4 nitrogen and oxygen atoms in total. The molecule has 2 aromatic rings. The maximum atomic E-state index is 11.9. The standard InChI is InChI=1S/C18H19ClN2O2/c1-13(2)12-23-17-6-4-3-5-15(17)11-20-21-18(22)14-7-9-16(19)10-8-14/h3-11,13H,12H2,1-2H3,(H,21,22)/b20-11-. The van der Waals surface area contributed by atoms with Crippen molar-refractivity contribution in [3.63, 3.8) is 0 Å². The van der Waals surface area contributed by atoms with Crippen molar-refractivity contribution in [2.24, 2.45) is 11.0 Å². The minimum atomic E-state index is -0.293. The SMILES string of the molecule is CC(C)COc1ccccc1/C=N\NC(=O)c1ccc(Cl)cc1. The predicted octanol–water partition coefficient (Wildman–Crippen LogP) is 4.14. The van der Waals surface area contributed by atoms with Gasteiger partial charge in [0.1, 0.15) is 5.75 Å². The highest BCUT2D eigenvalue weighted by molar-refractivity contribution is 6.30. The fourth-order valence-electron chi connectivity index (χ4n) is 1.80. The first-order chi connectivity index (χ1) is 11.1. The van der Waals surface area contributed by atoms with Crippen molar-refractivity contribution < 1.29 is 9.53 Å². The van der Waals surface area contributed by atoms with Crippen LogP contribution in [0.5, 0.6) is 5.75 Å². The quantitative estimate of drug-likeness (QED) is 0.639. The van der Waals surface area contributed by atoms with Crippen molar-refractivity contribution in [2.75, 3.05) is 6.61 Å². The zero-order valence-electron chi connectivity index (χ0n) is 13.1. The van der Waals surface area contributed by atoms with Gasteiger partial charge in [-0.3, -0.25) is 4.79 Å². The van der Waals surface area contributed by atoms with E-state index < -0.39 is 0 Å². The minimum absolute atomic E-state index is 0.293. The summed E-state index contributed by atoms with van der Waals surface area (Å²) in [4.78, 5) is 11.9. The van der Waals surface area contributed by atoms with E-state index in [0.29, 0.717) is 23.1 Å². The summed E-state index contributed by atoms with van der Waals surface area (Å²) < 4.78 is 5.74. The molecule has 1 amide bonds. The molecule has 0 fully saturated rings. The number of benzene rings is 2. The zero-order chi connectivity index (χ0) is 16.7. The number of amides is 1. The Morgan fingerprint density at radius 1 is 1.22 bits per heavy atom. The van der Waals surface area contributed by atoms with Crippen LogP contribution >= 0.6 is 11.6 Å². The lowest BCUT2D eigenvalue weighted by atomic mass is 10.2. The molecule has 0 unspecified atom stereocenters. The predicted molar refractivity (Wildman–Crippen MR) is 93.3 cm³/mol. The summed E-state index contributed by atoms with van der Waals surface area (Å²) in [5.41, 5.74) is 3.80. The largest absolute Gasteiger partial charge is 0.493 e. The number of hydrogen-bond donors (Lipinski definition) is 1. The van der Waals surface area contributed by atoms with E-state index in [4.69, 9.17) is 16.3 Å². The molecule has 120 valence electrons. The number of carbonyl (C=O) groups is 1. The average molecular weight is 331 g/mol. The number of hydrogen-bond acceptors (Lipinski definition) is 3. The highest BCUT2D eigenvalue weighted by Gasteiger charge is 2.04. The normalized spacial score (nSPS) is 11.0. The first kappa shape index (κ1) is 17.0. The van der Waals surface area contributed by atoms with E-state index in [1.165, 1.54) is 0 Å². The van der Waals surface area contributed by atoms with E-state index in [9.17, 15) is 4.79 Å². The maximum Gasteiger partial charge on any atom is 0.271 e. The Kier molecular flexibility index (Phi) is 6.18. The molecule has 1 N–H and O–H groups in total. The monoisotopic (exact) mass is 330 g/mol. The van der Waals surface area contributed by atoms with E-state index in [0.717, 1.165) is 11.3 Å². The number of halogens is 1. The highest BCUT2D eigenvalue weighted by Crippen LogP contribution is 2.16. The average Bonchev–Trinajstić information content (AvgIpc) is 2.54. The molecule has 2 rings (SSSR count). The molecule has 0 aromatic heterocycles. The number of carbonyl (C=O) groups excluding carboxylic acids is 1. The van der Waals surface area contributed by atoms with Gasteiger partial charge in [0, 0.05) is 16.1 Å². The lowest BCUT2D eigenvalue weighted by Gasteiger charge is -2.10. The lowest BCUT2D eigenvalue weighted by Crippen LogP contribution is -2.17. The van der Waals surface area contributed by atoms with Gasteiger partial charge in [-0.25, -0.2) is 5.43 Å². The molecule has 0 saturated heterocycles. The van der Waals surface area contributed by atoms with Crippen molar-refractivity contribution in [3.05, 3.63) is 64.7 Å². The lowest BCUT2D eigenvalue weighted by molar-refractivity contribution is 0.0955. The third kappa shape index (κ3) is 5.42. The molecular formula is C18H19ClN2O2. The molecule has 0 heterocycles. The Hall–Kier alpha value is -2.33. The smallest absolute Gasteiger partial charge is 0.271 e. The van der Waals surface area contributed by atoms with Crippen LogP contribution in [0.25, 0.3) is 0 Å². The maximum absolute atomic E-state index is 11.9. The van der Waals surface area contributed by atoms with Gasteiger partial charge in [-0.15, -0.1) is 0 Å². The molecule has 0 radical (unpaired) electrons. The molecule has 0 spiro atoms. The molecule has 0 atom stereocenters. The van der Waals surface area contributed by atoms with Crippen LogP contribution in [0.1, 0.15) is 29.8 Å². The summed E-state index contributed by atoms with van der Waals surface area (Å²) in [6.45, 7) is 4.80. The second-order valence-electron chi connectivity index (χ2n) is 5.45. The van der Waals surface area contributed by atoms with Crippen LogP contribution in [0.4, 0.5) is 0 Å². The third-order valence-electron chi connectivity index (χ3n) is 2.97. The van der Waals surface area contributed by atoms with Gasteiger partial charge >= 0.3 is 0 Å². The molecule has 2 aromatic carbocycles. The summed E-state index contributed by atoms with van der Waals surface area (Å²) in [5, 5.41) is 4.58. The van der Waals surface area contributed by atoms with E-state index in [1.54, 1.807) is 30.5 Å². The second-order valence-corrected chi connectivity index (χ2v) is 5.89. The molecule has 23 heavy (non-hydrogen) atoms. The van der Waals surface area contributed by atoms with Crippen LogP contribution < -0.4 is 10.2 Å². The second kappa shape index (κ2) is 8.34. The van der Waals surface area contributed by atoms with Crippen molar-refractivity contribution in [1.29, 1.82) is 0 Å². The Labute approximate surface area is 141 Å². The molecule has 0 bridgehead atoms. The van der Waals surface area contributed by atoms with Crippen molar-refractivity contribution in [1.82, 2.24) is 5.43 Å². The van der Waals surface area contributed by atoms with Gasteiger partial charge in [0.25, 0.3) is 5.91 Å². The van der Waals surface area contributed by atoms with Crippen LogP contribution in [0, 0.1) is 5.92 Å². The van der Waals surface area contributed by atoms with E-state index >= 15 is 0 Å². The summed E-state index contributed by atoms with van der Waals surface area (Å²) >= 11 is 5.79. The number of nitrogens with zero attached hydrogens (tertiary/aromatic N) is 1. The van der Waals surface area contributed by atoms with Crippen molar-refractivity contribution >= 4 is 23.7 Å². The van der Waals surface area contributed by atoms with Crippen LogP contribution in [0.15, 0.2) is 53.6 Å². The van der Waals surface area contributed by atoms with E-state index in [2.05, 4.69) is 24.4 Å². The van der Waals surface area contributed by atoms with E-state index in [1.807, 2.05) is 24.3 Å². The van der Waals surface area contributed by atoms with Gasteiger partial charge < -0.3 is 4.74 Å². The Balaban J connectivity index is 2.00. The van der Waals surface area contributed by atoms with Crippen molar-refractivity contribution in [3.8, 4) is 5.75 Å². The Bertz CT molecular complexity index is 682. The Morgan fingerprint density at radius 3 is 2.61 bits per heavy atom. The van der Waals surface area contributed by atoms with Gasteiger partial charge in [0.05, 0.1) is 12.8 Å². The summed E-state index contributed by atoms with van der Waals surface area (Å²) in [6.07, 6.45) is 1.57. The zero-order valence-corrected chi connectivity index (χ0v) is 13.9.